The third kappa shape index (κ3) is 3.86. The molecule has 0 aromatic carbocycles. The van der Waals surface area contributed by atoms with Gasteiger partial charge in [-0.15, -0.1) is 0 Å². The normalized spacial score (nSPS) is 9.73. The predicted molar refractivity (Wildman–Crippen MR) is 102 cm³/mol. The molecule has 3 heteroatoms. The molecule has 0 heterocycles. The summed E-state index contributed by atoms with van der Waals surface area (Å²) in [5.74, 6) is 0. The van der Waals surface area contributed by atoms with Crippen molar-refractivity contribution in [3.63, 3.8) is 0 Å². The summed E-state index contributed by atoms with van der Waals surface area (Å²) in [4.78, 5) is 0. The topological polar surface area (TPSA) is 0 Å². The Hall–Kier alpha value is -1.27. The van der Waals surface area contributed by atoms with Crippen LogP contribution >= 0.6 is 0 Å². The third-order valence-corrected chi connectivity index (χ3v) is 11.9. The van der Waals surface area contributed by atoms with E-state index in [1.54, 1.807) is 9.75 Å². The molecule has 0 aromatic heterocycles. The molecule has 0 bridgehead atoms. The van der Waals surface area contributed by atoms with Crippen molar-refractivity contribution in [1.29, 1.82) is 0 Å². The van der Waals surface area contributed by atoms with Gasteiger partial charge in [-0.2, -0.15) is 0 Å². The molecule has 4 rings (SSSR count). The van der Waals surface area contributed by atoms with E-state index in [1.165, 1.54) is 22.3 Å². The van der Waals surface area contributed by atoms with Gasteiger partial charge in [0.15, 0.2) is 0 Å². The molecule has 0 fully saturated rings. The zero-order chi connectivity index (χ0) is 16.5. The molecule has 0 atom stereocenters. The van der Waals surface area contributed by atoms with Crippen molar-refractivity contribution >= 4 is 9.75 Å². The number of hydrogen-bond acceptors (Lipinski definition) is 0. The summed E-state index contributed by atoms with van der Waals surface area (Å²) in [5.41, 5.74) is 5.59. The molecular weight excluding hydrogens is 438 g/mol. The Morgan fingerprint density at radius 2 is 0.962 bits per heavy atom. The largest absolute Gasteiger partial charge is 1.00 e. The molecule has 4 aliphatic rings. The van der Waals surface area contributed by atoms with Gasteiger partial charge in [-0.3, -0.25) is 0 Å². The van der Waals surface area contributed by atoms with Crippen molar-refractivity contribution < 1.29 is 46.1 Å². The molecule has 0 nitrogen and oxygen atoms in total. The SMILES string of the molecule is C[C](C)=[Zr+2]([c]1ccc2cccccc1-2)[c]1ccc2cccccc1-2.[Cl-].[Cl-]. The molecule has 0 saturated heterocycles. The Kier molecular flexibility index (Phi) is 7.36. The summed E-state index contributed by atoms with van der Waals surface area (Å²) >= 11 is -2.09. The van der Waals surface area contributed by atoms with E-state index >= 15 is 0 Å². The zero-order valence-corrected chi connectivity index (χ0v) is 18.8. The molecule has 0 unspecified atom stereocenters. The van der Waals surface area contributed by atoms with Gasteiger partial charge >= 0.3 is 152 Å². The van der Waals surface area contributed by atoms with Crippen molar-refractivity contribution in [2.24, 2.45) is 0 Å². The van der Waals surface area contributed by atoms with Gasteiger partial charge in [-0.25, -0.2) is 0 Å². The van der Waals surface area contributed by atoms with E-state index in [0.29, 0.717) is 0 Å². The second kappa shape index (κ2) is 9.09. The Morgan fingerprint density at radius 3 is 1.38 bits per heavy atom. The molecule has 0 radical (unpaired) electrons. The first-order valence-corrected chi connectivity index (χ1v) is 12.1. The first-order chi connectivity index (χ1) is 11.8. The minimum atomic E-state index is -2.09. The summed E-state index contributed by atoms with van der Waals surface area (Å²) in [6, 6.07) is 31.2. The fourth-order valence-electron chi connectivity index (χ4n) is 3.55. The summed E-state index contributed by atoms with van der Waals surface area (Å²) in [6.45, 7) is 4.66. The molecule has 0 amide bonds. The van der Waals surface area contributed by atoms with Gasteiger partial charge in [0, 0.05) is 0 Å². The van der Waals surface area contributed by atoms with Crippen LogP contribution in [0.3, 0.4) is 0 Å². The van der Waals surface area contributed by atoms with Crippen LogP contribution in [0.4, 0.5) is 0 Å². The second-order valence-electron chi connectivity index (χ2n) is 6.43. The maximum atomic E-state index is 2.38. The van der Waals surface area contributed by atoms with Crippen molar-refractivity contribution in [3.05, 3.63) is 84.9 Å². The summed E-state index contributed by atoms with van der Waals surface area (Å²) in [6.07, 6.45) is 0. The van der Waals surface area contributed by atoms with E-state index in [0.717, 1.165) is 0 Å². The smallest absolute Gasteiger partial charge is 1.00 e. The van der Waals surface area contributed by atoms with E-state index in [-0.39, 0.29) is 24.8 Å². The van der Waals surface area contributed by atoms with E-state index in [9.17, 15) is 0 Å². The van der Waals surface area contributed by atoms with Gasteiger partial charge in [0.1, 0.15) is 0 Å². The molecule has 0 aliphatic heterocycles. The van der Waals surface area contributed by atoms with Crippen LogP contribution in [0.2, 0.25) is 0 Å². The van der Waals surface area contributed by atoms with E-state index < -0.39 is 21.3 Å². The second-order valence-corrected chi connectivity index (χ2v) is 13.4. The number of rotatable bonds is 2. The summed E-state index contributed by atoms with van der Waals surface area (Å²) < 4.78 is 4.82. The molecule has 4 aliphatic carbocycles. The van der Waals surface area contributed by atoms with Gasteiger partial charge in [0.2, 0.25) is 0 Å². The Labute approximate surface area is 175 Å². The Morgan fingerprint density at radius 1 is 0.538 bits per heavy atom. The average Bonchev–Trinajstić information content (AvgIpc) is 2.94. The fraction of sp³-hybridized carbons (Fsp3) is 0.0870. The van der Waals surface area contributed by atoms with Crippen molar-refractivity contribution in [3.8, 4) is 22.3 Å². The maximum Gasteiger partial charge on any atom is -1.00 e. The number of halogens is 2. The molecule has 0 saturated carbocycles. The van der Waals surface area contributed by atoms with Crippen molar-refractivity contribution in [1.82, 2.24) is 0 Å². The van der Waals surface area contributed by atoms with Crippen molar-refractivity contribution in [2.45, 2.75) is 13.8 Å². The third-order valence-electron chi connectivity index (χ3n) is 4.62. The first kappa shape index (κ1) is 21.0. The van der Waals surface area contributed by atoms with Gasteiger partial charge in [-0.05, 0) is 0 Å². The van der Waals surface area contributed by atoms with Gasteiger partial charge < -0.3 is 24.8 Å². The van der Waals surface area contributed by atoms with Crippen LogP contribution in [0, 0.1) is 0 Å². The molecule has 0 aromatic rings. The van der Waals surface area contributed by atoms with Crippen LogP contribution in [-0.4, -0.2) is 3.21 Å². The van der Waals surface area contributed by atoms with E-state index in [4.69, 9.17) is 0 Å². The van der Waals surface area contributed by atoms with Crippen LogP contribution in [0.1, 0.15) is 13.8 Å². The van der Waals surface area contributed by atoms with Crippen LogP contribution in [0.25, 0.3) is 22.3 Å². The minimum Gasteiger partial charge on any atom is -1.00 e. The number of hydrogen-bond donors (Lipinski definition) is 0. The van der Waals surface area contributed by atoms with Crippen LogP contribution < -0.4 is 31.4 Å². The monoisotopic (exact) mass is 456 g/mol. The van der Waals surface area contributed by atoms with Crippen LogP contribution in [0.5, 0.6) is 0 Å². The molecule has 26 heavy (non-hydrogen) atoms. The van der Waals surface area contributed by atoms with Crippen LogP contribution in [0.15, 0.2) is 84.9 Å². The van der Waals surface area contributed by atoms with Crippen LogP contribution in [-0.2, 0) is 21.3 Å². The standard InChI is InChI=1S/2C10H7.C3H6.2ClH.Zr/c2*1-2-5-9-7-4-8-10(9)6-3-1;1-3-2;;;/h2*1-7H;1-2H3;2*1H;/q;;;;;+2/p-2. The zero-order valence-electron chi connectivity index (χ0n) is 14.8. The Bertz CT molecular complexity index is 912. The minimum absolute atomic E-state index is 0. The van der Waals surface area contributed by atoms with Gasteiger partial charge in [0.25, 0.3) is 0 Å². The molecule has 0 N–H and O–H groups in total. The first-order valence-electron chi connectivity index (χ1n) is 8.39. The van der Waals surface area contributed by atoms with E-state index in [2.05, 4.69) is 98.8 Å². The van der Waals surface area contributed by atoms with Gasteiger partial charge in [-0.1, -0.05) is 0 Å². The summed E-state index contributed by atoms with van der Waals surface area (Å²) in [7, 11) is 0. The summed E-state index contributed by atoms with van der Waals surface area (Å²) in [5, 5.41) is 0. The van der Waals surface area contributed by atoms with Crippen molar-refractivity contribution in [2.75, 3.05) is 0 Å². The maximum absolute atomic E-state index is 2.38. The fourth-order valence-corrected chi connectivity index (χ4v) is 10.6. The predicted octanol–water partition coefficient (Wildman–Crippen LogP) is -1.31. The van der Waals surface area contributed by atoms with E-state index in [1.807, 2.05) is 0 Å². The number of fused-ring (bicyclic) bond motifs is 2. The average molecular weight is 459 g/mol. The van der Waals surface area contributed by atoms with Gasteiger partial charge in [0.05, 0.1) is 0 Å². The molecular formula is C23H20Cl2Zr. The molecule has 130 valence electrons. The quantitative estimate of drug-likeness (QED) is 0.350. The molecule has 0 spiro atoms. The Balaban J connectivity index is 0.00000121.